The van der Waals surface area contributed by atoms with Crippen molar-refractivity contribution in [2.75, 3.05) is 12.5 Å². The molecule has 8 rings (SSSR count). The molecule has 0 aliphatic carbocycles. The zero-order valence-electron chi connectivity index (χ0n) is 34.1. The first kappa shape index (κ1) is 56.2. The molecule has 0 bridgehead atoms. The molecule has 62 heavy (non-hydrogen) atoms. The van der Waals surface area contributed by atoms with Crippen molar-refractivity contribution in [3.63, 3.8) is 0 Å². The molecule has 14 nitrogen and oxygen atoms in total. The fourth-order valence-electron chi connectivity index (χ4n) is 5.99. The molecule has 0 aliphatic rings. The van der Waals surface area contributed by atoms with Gasteiger partial charge in [-0.25, -0.2) is 9.97 Å². The SMILES string of the molecule is CSc1nc2cc(Cl)c(Oc3cccc4ccccc34)cc2n1COP(=O)([O-])[O-].CSc1nc2cc(Oc3cccc4ccccc34)c(Cl)cc2n1COP(=O)([O-])[O-].[Na+].[Na+].[Na+].[Na+]. The van der Waals surface area contributed by atoms with Crippen molar-refractivity contribution < 1.29 is 165 Å². The Morgan fingerprint density at radius 2 is 0.935 bits per heavy atom. The van der Waals surface area contributed by atoms with Crippen LogP contribution >= 0.6 is 62.4 Å². The second-order valence-electron chi connectivity index (χ2n) is 12.2. The van der Waals surface area contributed by atoms with E-state index in [1.54, 1.807) is 36.8 Å². The van der Waals surface area contributed by atoms with Gasteiger partial charge in [0.25, 0.3) is 0 Å². The molecule has 8 aromatic rings. The third kappa shape index (κ3) is 14.0. The van der Waals surface area contributed by atoms with Gasteiger partial charge in [-0.15, -0.1) is 0 Å². The van der Waals surface area contributed by atoms with Crippen LogP contribution in [0.15, 0.2) is 120 Å². The van der Waals surface area contributed by atoms with Gasteiger partial charge in [0.05, 0.1) is 47.8 Å². The molecule has 0 N–H and O–H groups in total. The van der Waals surface area contributed by atoms with E-state index < -0.39 is 29.1 Å². The zero-order valence-corrected chi connectivity index (χ0v) is 47.1. The molecule has 0 saturated heterocycles. The van der Waals surface area contributed by atoms with Gasteiger partial charge >= 0.3 is 118 Å². The molecule has 6 aromatic carbocycles. The molecule has 2 heterocycles. The first-order valence-electron chi connectivity index (χ1n) is 16.8. The van der Waals surface area contributed by atoms with Crippen LogP contribution in [0.5, 0.6) is 23.0 Å². The Balaban J connectivity index is 0.000000310. The molecule has 0 amide bonds. The average molecular weight is 990 g/mol. The third-order valence-corrected chi connectivity index (χ3v) is 11.3. The van der Waals surface area contributed by atoms with Crippen LogP contribution < -0.4 is 147 Å². The number of phosphoric ester groups is 2. The van der Waals surface area contributed by atoms with Crippen LogP contribution in [0.2, 0.25) is 10.0 Å². The van der Waals surface area contributed by atoms with Crippen molar-refractivity contribution in [2.45, 2.75) is 23.8 Å². The number of fused-ring (bicyclic) bond motifs is 4. The van der Waals surface area contributed by atoms with E-state index in [4.69, 9.17) is 32.7 Å². The van der Waals surface area contributed by atoms with Crippen LogP contribution in [0.3, 0.4) is 0 Å². The van der Waals surface area contributed by atoms with Crippen molar-refractivity contribution in [1.82, 2.24) is 19.1 Å². The molecule has 0 atom stereocenters. The van der Waals surface area contributed by atoms with E-state index in [1.807, 2.05) is 84.9 Å². The Morgan fingerprint density at radius 3 is 1.39 bits per heavy atom. The number of hydrogen-bond donors (Lipinski definition) is 0. The summed E-state index contributed by atoms with van der Waals surface area (Å²) in [4.78, 5) is 52.4. The molecule has 0 radical (unpaired) electrons. The van der Waals surface area contributed by atoms with E-state index in [-0.39, 0.29) is 118 Å². The molecule has 0 saturated carbocycles. The third-order valence-electron chi connectivity index (χ3n) is 8.53. The molecular weight excluding hydrogens is 961 g/mol. The standard InChI is InChI=1S/2C19H16ClN2O5PS.4Na/c1-29-19-21-15-10-18(14(20)9-16(15)22(19)11-26-28(23,24)25)27-17-8-4-6-12-5-2-3-7-13(12)17;1-29-19-21-15-9-14(20)18(10-16(15)22(19)11-26-28(23,24)25)27-17-8-4-6-12-5-2-3-7-13(12)17;;;;/h2*2-10H,11H2,1H3,(H2,23,24,25);;;;/q;;4*+1/p-4. The van der Waals surface area contributed by atoms with Gasteiger partial charge in [-0.1, -0.05) is 120 Å². The number of phosphoric acid groups is 2. The number of rotatable bonds is 12. The maximum absolute atomic E-state index is 10.9. The largest absolute Gasteiger partial charge is 1.00 e. The van der Waals surface area contributed by atoms with Gasteiger partial charge in [0.2, 0.25) is 0 Å². The van der Waals surface area contributed by atoms with Gasteiger partial charge < -0.3 is 47.2 Å². The molecule has 2 aromatic heterocycles. The first-order valence-corrected chi connectivity index (χ1v) is 23.0. The second kappa shape index (κ2) is 24.8. The summed E-state index contributed by atoms with van der Waals surface area (Å²) in [5.74, 6) is 2.06. The van der Waals surface area contributed by atoms with Gasteiger partial charge in [0.1, 0.15) is 36.5 Å². The van der Waals surface area contributed by atoms with Crippen molar-refractivity contribution in [3.8, 4) is 23.0 Å². The summed E-state index contributed by atoms with van der Waals surface area (Å²) in [6, 6.07) is 33.6. The minimum Gasteiger partial charge on any atom is -0.790 e. The monoisotopic (exact) mass is 988 g/mol. The Kier molecular flexibility index (Phi) is 22.5. The minimum absolute atomic E-state index is 0. The van der Waals surface area contributed by atoms with E-state index in [0.29, 0.717) is 65.4 Å². The summed E-state index contributed by atoms with van der Waals surface area (Å²) < 4.78 is 45.7. The van der Waals surface area contributed by atoms with Crippen molar-refractivity contribution in [1.29, 1.82) is 0 Å². The summed E-state index contributed by atoms with van der Waals surface area (Å²) in [7, 11) is -10.3. The summed E-state index contributed by atoms with van der Waals surface area (Å²) in [6.45, 7) is -0.955. The maximum Gasteiger partial charge on any atom is 1.00 e. The van der Waals surface area contributed by atoms with Gasteiger partial charge in [-0.2, -0.15) is 0 Å². The van der Waals surface area contributed by atoms with E-state index in [0.717, 1.165) is 21.5 Å². The fraction of sp³-hybridized carbons (Fsp3) is 0.105. The molecule has 0 fully saturated rings. The van der Waals surface area contributed by atoms with Crippen molar-refractivity contribution in [3.05, 3.63) is 119 Å². The van der Waals surface area contributed by atoms with Crippen LogP contribution in [0.25, 0.3) is 43.6 Å². The number of ether oxygens (including phenoxy) is 2. The first-order chi connectivity index (χ1) is 27.7. The van der Waals surface area contributed by atoms with Gasteiger partial charge in [0, 0.05) is 22.9 Å². The molecule has 0 unspecified atom stereocenters. The normalized spacial score (nSPS) is 11.2. The summed E-state index contributed by atoms with van der Waals surface area (Å²) in [5, 5.41) is 5.54. The van der Waals surface area contributed by atoms with E-state index in [2.05, 4.69) is 19.0 Å². The Morgan fingerprint density at radius 1 is 0.548 bits per heavy atom. The zero-order chi connectivity index (χ0) is 41.2. The number of halogens is 2. The topological polar surface area (TPSA) is 199 Å². The van der Waals surface area contributed by atoms with Gasteiger partial charge in [0.15, 0.2) is 10.3 Å². The summed E-state index contributed by atoms with van der Waals surface area (Å²) >= 11 is 15.4. The molecule has 0 aliphatic heterocycles. The quantitative estimate of drug-likeness (QED) is 0.0660. The maximum atomic E-state index is 10.9. The predicted octanol–water partition coefficient (Wildman–Crippen LogP) is -3.66. The number of aromatic nitrogens is 4. The van der Waals surface area contributed by atoms with Crippen molar-refractivity contribution >= 4 is 106 Å². The van der Waals surface area contributed by atoms with E-state index in [9.17, 15) is 28.7 Å². The Labute approximate surface area is 462 Å². The number of nitrogens with zero attached hydrogens (tertiary/aromatic N) is 4. The van der Waals surface area contributed by atoms with Crippen molar-refractivity contribution in [2.24, 2.45) is 0 Å². The van der Waals surface area contributed by atoms with Gasteiger partial charge in [-0.3, -0.25) is 9.13 Å². The van der Waals surface area contributed by atoms with Crippen LogP contribution in [0.4, 0.5) is 0 Å². The number of hydrogen-bond acceptors (Lipinski definition) is 14. The number of thioether (sulfide) groups is 2. The molecular formula is C38H28Cl2N4Na4O10P2S2. The van der Waals surface area contributed by atoms with Crippen LogP contribution in [-0.2, 0) is 31.6 Å². The summed E-state index contributed by atoms with van der Waals surface area (Å²) in [5.41, 5.74) is 2.12. The Hall–Kier alpha value is -0.120. The smallest absolute Gasteiger partial charge is 0.790 e. The van der Waals surface area contributed by atoms with E-state index in [1.165, 1.54) is 32.7 Å². The fourth-order valence-corrected chi connectivity index (χ4v) is 8.02. The molecule has 24 heteroatoms. The Bertz CT molecular complexity index is 2910. The molecule has 0 spiro atoms. The van der Waals surface area contributed by atoms with Crippen LogP contribution in [0, 0.1) is 0 Å². The van der Waals surface area contributed by atoms with Crippen LogP contribution in [-0.4, -0.2) is 31.6 Å². The predicted molar refractivity (Wildman–Crippen MR) is 218 cm³/mol. The van der Waals surface area contributed by atoms with E-state index >= 15 is 0 Å². The van der Waals surface area contributed by atoms with Crippen LogP contribution in [0.1, 0.15) is 0 Å². The van der Waals surface area contributed by atoms with Gasteiger partial charge in [-0.05, 0) is 47.5 Å². The summed E-state index contributed by atoms with van der Waals surface area (Å²) in [6.07, 6.45) is 3.56. The molecule has 300 valence electrons. The second-order valence-corrected chi connectivity index (χ2v) is 16.8. The number of benzene rings is 6. The average Bonchev–Trinajstić information content (AvgIpc) is 3.72. The number of imidazole rings is 2. The minimum atomic E-state index is -5.13.